The van der Waals surface area contributed by atoms with Crippen molar-refractivity contribution in [2.75, 3.05) is 26.2 Å². The van der Waals surface area contributed by atoms with Crippen molar-refractivity contribution < 1.29 is 0 Å². The number of hydrogen-bond donors (Lipinski definition) is 1. The average molecular weight is 249 g/mol. The Kier molecular flexibility index (Phi) is 4.56. The summed E-state index contributed by atoms with van der Waals surface area (Å²) in [5, 5.41) is 3.40. The molecule has 0 aromatic carbocycles. The van der Waals surface area contributed by atoms with E-state index in [0.717, 1.165) is 43.7 Å². The van der Waals surface area contributed by atoms with E-state index in [2.05, 4.69) is 35.2 Å². The van der Waals surface area contributed by atoms with Crippen LogP contribution >= 0.6 is 0 Å². The maximum absolute atomic E-state index is 4.17. The van der Waals surface area contributed by atoms with Crippen LogP contribution in [0.15, 0.2) is 24.8 Å². The van der Waals surface area contributed by atoms with Gasteiger partial charge in [-0.25, -0.2) is 0 Å². The van der Waals surface area contributed by atoms with Crippen LogP contribution in [0.2, 0.25) is 0 Å². The van der Waals surface area contributed by atoms with E-state index >= 15 is 0 Å². The van der Waals surface area contributed by atoms with Crippen LogP contribution in [0.1, 0.15) is 39.0 Å². The minimum atomic E-state index is 0.861. The van der Waals surface area contributed by atoms with E-state index in [1.165, 1.54) is 32.1 Å². The molecule has 2 aliphatic heterocycles. The van der Waals surface area contributed by atoms with Crippen molar-refractivity contribution in [2.24, 2.45) is 5.92 Å². The molecule has 0 aromatic rings. The van der Waals surface area contributed by atoms with E-state index in [-0.39, 0.29) is 0 Å². The topological polar surface area (TPSA) is 18.5 Å². The molecule has 102 valence electrons. The second-order valence-electron chi connectivity index (χ2n) is 5.74. The summed E-state index contributed by atoms with van der Waals surface area (Å²) in [6, 6.07) is 0. The van der Waals surface area contributed by atoms with Crippen molar-refractivity contribution in [1.29, 1.82) is 0 Å². The van der Waals surface area contributed by atoms with E-state index < -0.39 is 0 Å². The number of piperidine rings is 2. The molecular formula is C15H27N3. The zero-order valence-corrected chi connectivity index (χ0v) is 11.7. The summed E-state index contributed by atoms with van der Waals surface area (Å²) in [6.07, 6.45) is 6.48. The number of likely N-dealkylation sites (tertiary alicyclic amines) is 2. The SMILES string of the molecule is C=C(NC(=C)N1CCC(C)CC1)N1CCCCC1. The highest BCUT2D eigenvalue weighted by atomic mass is 15.3. The van der Waals surface area contributed by atoms with Crippen molar-refractivity contribution in [1.82, 2.24) is 15.1 Å². The van der Waals surface area contributed by atoms with Crippen molar-refractivity contribution in [3.63, 3.8) is 0 Å². The molecule has 0 radical (unpaired) electrons. The molecule has 0 atom stereocenters. The van der Waals surface area contributed by atoms with Crippen molar-refractivity contribution >= 4 is 0 Å². The molecule has 2 saturated heterocycles. The van der Waals surface area contributed by atoms with Gasteiger partial charge in [-0.3, -0.25) is 0 Å². The summed E-state index contributed by atoms with van der Waals surface area (Å²) in [7, 11) is 0. The first-order valence-electron chi connectivity index (χ1n) is 7.31. The van der Waals surface area contributed by atoms with Gasteiger partial charge in [0.1, 0.15) is 0 Å². The Morgan fingerprint density at radius 3 is 1.94 bits per heavy atom. The number of hydrogen-bond acceptors (Lipinski definition) is 3. The first kappa shape index (κ1) is 13.3. The quantitative estimate of drug-likeness (QED) is 0.826. The third-order valence-electron chi connectivity index (χ3n) is 4.19. The number of nitrogens with one attached hydrogen (secondary N) is 1. The molecule has 2 aliphatic rings. The Morgan fingerprint density at radius 2 is 1.39 bits per heavy atom. The molecule has 2 fully saturated rings. The Balaban J connectivity index is 1.77. The van der Waals surface area contributed by atoms with Crippen molar-refractivity contribution in [3.8, 4) is 0 Å². The van der Waals surface area contributed by atoms with Crippen LogP contribution < -0.4 is 5.32 Å². The van der Waals surface area contributed by atoms with E-state index in [1.807, 2.05) is 0 Å². The van der Waals surface area contributed by atoms with Gasteiger partial charge in [0.2, 0.25) is 0 Å². The van der Waals surface area contributed by atoms with Gasteiger partial charge in [0.25, 0.3) is 0 Å². The molecule has 0 aliphatic carbocycles. The van der Waals surface area contributed by atoms with E-state index in [1.54, 1.807) is 0 Å². The van der Waals surface area contributed by atoms with Gasteiger partial charge in [0.15, 0.2) is 0 Å². The van der Waals surface area contributed by atoms with Crippen LogP contribution in [0.5, 0.6) is 0 Å². The summed E-state index contributed by atoms with van der Waals surface area (Å²) < 4.78 is 0. The largest absolute Gasteiger partial charge is 0.359 e. The summed E-state index contributed by atoms with van der Waals surface area (Å²) in [5.74, 6) is 2.91. The van der Waals surface area contributed by atoms with Crippen LogP contribution in [0.25, 0.3) is 0 Å². The van der Waals surface area contributed by atoms with E-state index in [0.29, 0.717) is 0 Å². The lowest BCUT2D eigenvalue weighted by Gasteiger charge is -2.36. The van der Waals surface area contributed by atoms with Crippen LogP contribution in [-0.2, 0) is 0 Å². The van der Waals surface area contributed by atoms with E-state index in [4.69, 9.17) is 0 Å². The lowest BCUT2D eigenvalue weighted by Crippen LogP contribution is -2.41. The minimum Gasteiger partial charge on any atom is -0.359 e. The molecule has 1 N–H and O–H groups in total. The molecular weight excluding hydrogens is 222 g/mol. The Labute approximate surface area is 112 Å². The van der Waals surface area contributed by atoms with Gasteiger partial charge in [0, 0.05) is 26.2 Å². The van der Waals surface area contributed by atoms with Crippen LogP contribution in [-0.4, -0.2) is 36.0 Å². The predicted molar refractivity (Wildman–Crippen MR) is 76.8 cm³/mol. The normalized spacial score (nSPS) is 21.8. The first-order valence-corrected chi connectivity index (χ1v) is 7.31. The zero-order chi connectivity index (χ0) is 13.0. The Hall–Kier alpha value is -1.12. The molecule has 3 nitrogen and oxygen atoms in total. The summed E-state index contributed by atoms with van der Waals surface area (Å²) >= 11 is 0. The van der Waals surface area contributed by atoms with Crippen molar-refractivity contribution in [2.45, 2.75) is 39.0 Å². The molecule has 0 aromatic heterocycles. The molecule has 0 spiro atoms. The van der Waals surface area contributed by atoms with Gasteiger partial charge < -0.3 is 15.1 Å². The highest BCUT2D eigenvalue weighted by Crippen LogP contribution is 2.19. The van der Waals surface area contributed by atoms with E-state index in [9.17, 15) is 0 Å². The Bertz CT molecular complexity index is 297. The molecule has 2 heterocycles. The van der Waals surface area contributed by atoms with Crippen molar-refractivity contribution in [3.05, 3.63) is 24.8 Å². The highest BCUT2D eigenvalue weighted by molar-refractivity contribution is 5.05. The van der Waals surface area contributed by atoms with Gasteiger partial charge in [-0.1, -0.05) is 20.1 Å². The molecule has 0 bridgehead atoms. The molecule has 2 rings (SSSR count). The molecule has 0 unspecified atom stereocenters. The third kappa shape index (κ3) is 3.44. The fourth-order valence-corrected chi connectivity index (χ4v) is 2.77. The predicted octanol–water partition coefficient (Wildman–Crippen LogP) is 2.74. The third-order valence-corrected chi connectivity index (χ3v) is 4.19. The molecule has 3 heteroatoms. The molecule has 0 saturated carbocycles. The highest BCUT2D eigenvalue weighted by Gasteiger charge is 2.18. The van der Waals surface area contributed by atoms with Gasteiger partial charge in [0.05, 0.1) is 11.6 Å². The summed E-state index contributed by atoms with van der Waals surface area (Å²) in [5.41, 5.74) is 0. The summed E-state index contributed by atoms with van der Waals surface area (Å²) in [4.78, 5) is 4.70. The fourth-order valence-electron chi connectivity index (χ4n) is 2.77. The number of rotatable bonds is 4. The standard InChI is InChI=1S/C15H27N3/c1-13-7-11-18(12-8-13)15(3)16-14(2)17-9-5-4-6-10-17/h13,16H,2-12H2,1H3. The Morgan fingerprint density at radius 1 is 0.889 bits per heavy atom. The maximum atomic E-state index is 4.17. The monoisotopic (exact) mass is 249 g/mol. The fraction of sp³-hybridized carbons (Fsp3) is 0.733. The average Bonchev–Trinajstić information content (AvgIpc) is 2.40. The lowest BCUT2D eigenvalue weighted by atomic mass is 9.99. The number of nitrogens with zero attached hydrogens (tertiary/aromatic N) is 2. The van der Waals surface area contributed by atoms with Gasteiger partial charge in [-0.15, -0.1) is 0 Å². The second-order valence-corrected chi connectivity index (χ2v) is 5.74. The molecule has 0 amide bonds. The second kappa shape index (κ2) is 6.17. The zero-order valence-electron chi connectivity index (χ0n) is 11.7. The van der Waals surface area contributed by atoms with Crippen LogP contribution in [0.3, 0.4) is 0 Å². The summed E-state index contributed by atoms with van der Waals surface area (Å²) in [6.45, 7) is 15.2. The van der Waals surface area contributed by atoms with Crippen LogP contribution in [0, 0.1) is 5.92 Å². The lowest BCUT2D eigenvalue weighted by molar-refractivity contribution is 0.215. The van der Waals surface area contributed by atoms with Gasteiger partial charge in [-0.2, -0.15) is 0 Å². The maximum Gasteiger partial charge on any atom is 0.0994 e. The van der Waals surface area contributed by atoms with Crippen LogP contribution in [0.4, 0.5) is 0 Å². The first-order chi connectivity index (χ1) is 8.66. The molecule has 18 heavy (non-hydrogen) atoms. The van der Waals surface area contributed by atoms with Gasteiger partial charge in [-0.05, 0) is 38.0 Å². The smallest absolute Gasteiger partial charge is 0.0994 e. The minimum absolute atomic E-state index is 0.861. The van der Waals surface area contributed by atoms with Gasteiger partial charge >= 0.3 is 0 Å².